The number of alkyl halides is 2. The van der Waals surface area contributed by atoms with Crippen molar-refractivity contribution in [2.75, 3.05) is 19.1 Å². The average Bonchev–Trinajstić information content (AvgIpc) is 3.24. The van der Waals surface area contributed by atoms with Gasteiger partial charge in [-0.05, 0) is 55.2 Å². The predicted octanol–water partition coefficient (Wildman–Crippen LogP) is 4.25. The van der Waals surface area contributed by atoms with Gasteiger partial charge in [0.25, 0.3) is 11.8 Å². The highest BCUT2D eigenvalue weighted by Crippen LogP contribution is 2.66. The predicted molar refractivity (Wildman–Crippen MR) is 144 cm³/mol. The maximum Gasteiger partial charge on any atom is 0.253 e. The lowest BCUT2D eigenvalue weighted by Gasteiger charge is -2.50. The number of methoxy groups -OCH3 is 1. The maximum atomic E-state index is 13.9. The SMILES string of the molecule is COc1cccc(O)c1[C@H]1C2=CC[C@@H]3C(=O)N(c4ccc(Cl)cc4)C(=O)[C@@H]3[C@@H]2C[C@@]2(Cl)C(=O)N(C)C(=O)[C@@]12Cl. The summed E-state index contributed by atoms with van der Waals surface area (Å²) in [4.78, 5) is 52.8. The van der Waals surface area contributed by atoms with Crippen LogP contribution in [-0.4, -0.2) is 57.5 Å². The van der Waals surface area contributed by atoms with Crippen molar-refractivity contribution in [1.29, 1.82) is 0 Å². The van der Waals surface area contributed by atoms with E-state index in [9.17, 15) is 24.3 Å². The first-order chi connectivity index (χ1) is 18.5. The van der Waals surface area contributed by atoms with E-state index in [0.29, 0.717) is 16.3 Å². The number of allylic oxidation sites excluding steroid dienone is 2. The normalized spacial score (nSPS) is 33.6. The van der Waals surface area contributed by atoms with Gasteiger partial charge in [0.15, 0.2) is 9.75 Å². The van der Waals surface area contributed by atoms with Crippen molar-refractivity contribution in [1.82, 2.24) is 4.90 Å². The van der Waals surface area contributed by atoms with Crippen LogP contribution >= 0.6 is 34.8 Å². The molecule has 2 heterocycles. The zero-order chi connectivity index (χ0) is 28.0. The summed E-state index contributed by atoms with van der Waals surface area (Å²) in [6, 6.07) is 11.0. The quantitative estimate of drug-likeness (QED) is 0.326. The van der Waals surface area contributed by atoms with Crippen molar-refractivity contribution >= 4 is 64.1 Å². The first-order valence-corrected chi connectivity index (χ1v) is 13.5. The first-order valence-electron chi connectivity index (χ1n) is 12.4. The minimum atomic E-state index is -2.01. The van der Waals surface area contributed by atoms with Crippen molar-refractivity contribution in [3.05, 3.63) is 64.7 Å². The zero-order valence-electron chi connectivity index (χ0n) is 20.9. The van der Waals surface area contributed by atoms with Crippen LogP contribution in [-0.2, 0) is 19.2 Å². The number of carbonyl (C=O) groups is 4. The molecule has 0 unspecified atom stereocenters. The number of carbonyl (C=O) groups excluding carboxylic acids is 4. The number of halogens is 3. The third-order valence-electron chi connectivity index (χ3n) is 8.65. The van der Waals surface area contributed by atoms with Crippen LogP contribution in [0.4, 0.5) is 5.69 Å². The molecule has 0 radical (unpaired) electrons. The highest BCUT2D eigenvalue weighted by molar-refractivity contribution is 6.53. The second-order valence-corrected chi connectivity index (χ2v) is 12.1. The lowest BCUT2D eigenvalue weighted by molar-refractivity contribution is -0.138. The summed E-state index contributed by atoms with van der Waals surface area (Å²) in [6.07, 6.45) is 1.87. The van der Waals surface area contributed by atoms with Crippen LogP contribution in [0.15, 0.2) is 54.1 Å². The Balaban J connectivity index is 1.55. The van der Waals surface area contributed by atoms with Crippen LogP contribution in [0.3, 0.4) is 0 Å². The van der Waals surface area contributed by atoms with Crippen molar-refractivity contribution in [3.8, 4) is 11.5 Å². The molecule has 2 aromatic carbocycles. The molecule has 4 amide bonds. The molecule has 2 aliphatic heterocycles. The van der Waals surface area contributed by atoms with Gasteiger partial charge in [-0.2, -0.15) is 0 Å². The van der Waals surface area contributed by atoms with E-state index in [1.807, 2.05) is 0 Å². The number of phenolic OH excluding ortho intramolecular Hbond substituents is 1. The molecule has 6 rings (SSSR count). The van der Waals surface area contributed by atoms with E-state index in [-0.39, 0.29) is 35.8 Å². The number of aromatic hydroxyl groups is 1. The molecular formula is C28H23Cl3N2O6. The number of nitrogens with zero attached hydrogens (tertiary/aromatic N) is 2. The number of benzene rings is 2. The van der Waals surface area contributed by atoms with Gasteiger partial charge < -0.3 is 9.84 Å². The van der Waals surface area contributed by atoms with Gasteiger partial charge in [-0.25, -0.2) is 0 Å². The average molecular weight is 590 g/mol. The molecule has 3 fully saturated rings. The molecule has 2 saturated heterocycles. The second-order valence-electron chi connectivity index (χ2n) is 10.4. The summed E-state index contributed by atoms with van der Waals surface area (Å²) in [7, 11) is 2.72. The number of imide groups is 2. The van der Waals surface area contributed by atoms with Gasteiger partial charge in [0.2, 0.25) is 11.8 Å². The molecule has 39 heavy (non-hydrogen) atoms. The molecule has 4 aliphatic rings. The molecule has 1 N–H and O–H groups in total. The number of anilines is 1. The first kappa shape index (κ1) is 26.2. The Hall–Kier alpha value is -3.07. The molecule has 0 spiro atoms. The van der Waals surface area contributed by atoms with Crippen LogP contribution in [0.25, 0.3) is 0 Å². The molecular weight excluding hydrogens is 567 g/mol. The Kier molecular flexibility index (Phi) is 5.85. The Morgan fingerprint density at radius 1 is 0.974 bits per heavy atom. The Labute approximate surface area is 239 Å². The number of likely N-dealkylation sites (tertiary alicyclic amines) is 1. The fourth-order valence-electron chi connectivity index (χ4n) is 6.91. The van der Waals surface area contributed by atoms with E-state index in [4.69, 9.17) is 39.5 Å². The molecule has 202 valence electrons. The van der Waals surface area contributed by atoms with E-state index >= 15 is 0 Å². The molecule has 1 saturated carbocycles. The number of hydrogen-bond acceptors (Lipinski definition) is 6. The number of hydrogen-bond donors (Lipinski definition) is 1. The van der Waals surface area contributed by atoms with E-state index < -0.39 is 51.1 Å². The third kappa shape index (κ3) is 3.25. The fraction of sp³-hybridized carbons (Fsp3) is 0.357. The van der Waals surface area contributed by atoms with Gasteiger partial charge in [0.05, 0.1) is 24.6 Å². The summed E-state index contributed by atoms with van der Waals surface area (Å²) < 4.78 is 5.54. The summed E-state index contributed by atoms with van der Waals surface area (Å²) in [5.74, 6) is -5.52. The van der Waals surface area contributed by atoms with Crippen LogP contribution in [0.1, 0.15) is 24.3 Å². The largest absolute Gasteiger partial charge is 0.508 e. The molecule has 6 atom stereocenters. The lowest BCUT2D eigenvalue weighted by Crippen LogP contribution is -2.60. The summed E-state index contributed by atoms with van der Waals surface area (Å²) in [5, 5.41) is 11.5. The van der Waals surface area contributed by atoms with Gasteiger partial charge in [-0.3, -0.25) is 29.0 Å². The zero-order valence-corrected chi connectivity index (χ0v) is 23.1. The smallest absolute Gasteiger partial charge is 0.253 e. The summed E-state index contributed by atoms with van der Waals surface area (Å²) >= 11 is 20.3. The van der Waals surface area contributed by atoms with Gasteiger partial charge >= 0.3 is 0 Å². The maximum absolute atomic E-state index is 13.9. The number of fused-ring (bicyclic) bond motifs is 4. The van der Waals surface area contributed by atoms with Crippen LogP contribution < -0.4 is 9.64 Å². The minimum absolute atomic E-state index is 0.139. The number of phenols is 1. The van der Waals surface area contributed by atoms with Crippen LogP contribution in [0, 0.1) is 17.8 Å². The molecule has 8 nitrogen and oxygen atoms in total. The number of amides is 4. The number of rotatable bonds is 3. The molecule has 0 bridgehead atoms. The Morgan fingerprint density at radius 3 is 2.33 bits per heavy atom. The van der Waals surface area contributed by atoms with Gasteiger partial charge in [-0.1, -0.05) is 29.3 Å². The fourth-order valence-corrected chi connectivity index (χ4v) is 8.04. The lowest BCUT2D eigenvalue weighted by atomic mass is 9.56. The van der Waals surface area contributed by atoms with E-state index in [0.717, 1.165) is 9.80 Å². The van der Waals surface area contributed by atoms with Crippen LogP contribution in [0.2, 0.25) is 5.02 Å². The highest BCUT2D eigenvalue weighted by Gasteiger charge is 2.76. The molecule has 2 aliphatic carbocycles. The monoisotopic (exact) mass is 588 g/mol. The van der Waals surface area contributed by atoms with E-state index in [1.165, 1.54) is 20.2 Å². The highest BCUT2D eigenvalue weighted by atomic mass is 35.5. The summed E-state index contributed by atoms with van der Waals surface area (Å²) in [6.45, 7) is 0. The standard InChI is InChI=1S/C28H23Cl3N2O6/c1-32-25(37)27(30)12-17-15(22(28(27,31)26(32)38)21-18(34)4-3-5-19(21)39-2)10-11-16-20(17)24(36)33(23(16)35)14-8-6-13(29)7-9-14/h3-10,16-17,20,22,34H,11-12H2,1-2H3/t16-,17+,20-,22+,27+,28-/m0/s1. The van der Waals surface area contributed by atoms with Crippen molar-refractivity contribution in [2.24, 2.45) is 17.8 Å². The van der Waals surface area contributed by atoms with Gasteiger partial charge in [0.1, 0.15) is 11.5 Å². The van der Waals surface area contributed by atoms with Crippen molar-refractivity contribution in [3.63, 3.8) is 0 Å². The third-order valence-corrected chi connectivity index (χ3v) is 10.3. The topological polar surface area (TPSA) is 104 Å². The van der Waals surface area contributed by atoms with Crippen molar-refractivity contribution < 1.29 is 29.0 Å². The minimum Gasteiger partial charge on any atom is -0.508 e. The molecule has 11 heteroatoms. The summed E-state index contributed by atoms with van der Waals surface area (Å²) in [5.41, 5.74) is 1.15. The number of ether oxygens (including phenoxy) is 1. The van der Waals surface area contributed by atoms with Gasteiger partial charge in [-0.15, -0.1) is 23.2 Å². The van der Waals surface area contributed by atoms with E-state index in [1.54, 1.807) is 42.5 Å². The van der Waals surface area contributed by atoms with Gasteiger partial charge in [0, 0.05) is 23.6 Å². The van der Waals surface area contributed by atoms with Crippen molar-refractivity contribution in [2.45, 2.75) is 28.5 Å². The Morgan fingerprint density at radius 2 is 1.67 bits per heavy atom. The Bertz CT molecular complexity index is 1490. The molecule has 2 aromatic rings. The molecule has 0 aromatic heterocycles. The van der Waals surface area contributed by atoms with Crippen LogP contribution in [0.5, 0.6) is 11.5 Å². The second kappa shape index (κ2) is 8.71. The van der Waals surface area contributed by atoms with E-state index in [2.05, 4.69) is 0 Å².